The van der Waals surface area contributed by atoms with E-state index in [0.29, 0.717) is 24.3 Å². The van der Waals surface area contributed by atoms with Crippen LogP contribution in [-0.4, -0.2) is 23.9 Å². The Hall–Kier alpha value is -2.00. The van der Waals surface area contributed by atoms with Crippen LogP contribution in [0.5, 0.6) is 0 Å². The zero-order valence-corrected chi connectivity index (χ0v) is 11.1. The van der Waals surface area contributed by atoms with Crippen LogP contribution in [0.15, 0.2) is 24.3 Å². The molecule has 0 saturated heterocycles. The van der Waals surface area contributed by atoms with Crippen LogP contribution in [0.4, 0.5) is 36.4 Å². The SMILES string of the molecule is CCC(=O)NC(Nc1ccc(F)cc1)(C(F)(F)F)C(F)(F)F. The second-order valence-electron chi connectivity index (χ2n) is 4.28. The smallest absolute Gasteiger partial charge is 0.348 e. The molecule has 0 unspecified atom stereocenters. The summed E-state index contributed by atoms with van der Waals surface area (Å²) in [6, 6.07) is 2.75. The largest absolute Gasteiger partial charge is 0.439 e. The van der Waals surface area contributed by atoms with Gasteiger partial charge in [0.25, 0.3) is 0 Å². The number of anilines is 1. The van der Waals surface area contributed by atoms with Gasteiger partial charge >= 0.3 is 18.0 Å². The fourth-order valence-corrected chi connectivity index (χ4v) is 1.52. The fourth-order valence-electron chi connectivity index (χ4n) is 1.52. The Balaban J connectivity index is 3.35. The van der Waals surface area contributed by atoms with Crippen molar-refractivity contribution in [1.82, 2.24) is 5.32 Å². The van der Waals surface area contributed by atoms with Gasteiger partial charge in [0, 0.05) is 12.1 Å². The highest BCUT2D eigenvalue weighted by Crippen LogP contribution is 2.43. The third kappa shape index (κ3) is 3.60. The Morgan fingerprint density at radius 1 is 1.00 bits per heavy atom. The van der Waals surface area contributed by atoms with E-state index in [9.17, 15) is 35.5 Å². The minimum Gasteiger partial charge on any atom is -0.348 e. The molecular weight excluding hydrogens is 321 g/mol. The lowest BCUT2D eigenvalue weighted by molar-refractivity contribution is -0.295. The molecule has 0 saturated carbocycles. The molecule has 0 aliphatic rings. The highest BCUT2D eigenvalue weighted by Gasteiger charge is 2.72. The van der Waals surface area contributed by atoms with E-state index in [1.807, 2.05) is 0 Å². The zero-order chi connectivity index (χ0) is 17.2. The Kier molecular flexibility index (Phi) is 4.93. The van der Waals surface area contributed by atoms with Crippen molar-refractivity contribution < 1.29 is 35.5 Å². The number of carbonyl (C=O) groups excluding carboxylic acids is 1. The number of nitrogens with one attached hydrogen (secondary N) is 2. The molecule has 22 heavy (non-hydrogen) atoms. The van der Waals surface area contributed by atoms with Gasteiger partial charge in [-0.2, -0.15) is 26.3 Å². The van der Waals surface area contributed by atoms with Crippen molar-refractivity contribution >= 4 is 11.6 Å². The van der Waals surface area contributed by atoms with Gasteiger partial charge in [0.05, 0.1) is 0 Å². The third-order valence-corrected chi connectivity index (χ3v) is 2.67. The number of amides is 1. The number of rotatable bonds is 4. The lowest BCUT2D eigenvalue weighted by atomic mass is 10.1. The molecule has 0 atom stereocenters. The van der Waals surface area contributed by atoms with Gasteiger partial charge in [0.2, 0.25) is 5.91 Å². The average molecular weight is 332 g/mol. The number of alkyl halides is 6. The lowest BCUT2D eigenvalue weighted by Crippen LogP contribution is -2.72. The highest BCUT2D eigenvalue weighted by atomic mass is 19.4. The fraction of sp³-hybridized carbons (Fsp3) is 0.417. The van der Waals surface area contributed by atoms with E-state index >= 15 is 0 Å². The number of halogens is 7. The Morgan fingerprint density at radius 3 is 1.82 bits per heavy atom. The molecule has 1 aromatic carbocycles. The van der Waals surface area contributed by atoms with E-state index in [0.717, 1.165) is 12.2 Å². The van der Waals surface area contributed by atoms with Crippen molar-refractivity contribution in [2.75, 3.05) is 5.32 Å². The molecule has 0 aromatic heterocycles. The first-order valence-corrected chi connectivity index (χ1v) is 5.91. The highest BCUT2D eigenvalue weighted by molar-refractivity contribution is 5.77. The molecule has 0 radical (unpaired) electrons. The van der Waals surface area contributed by atoms with E-state index in [1.165, 1.54) is 5.32 Å². The number of carbonyl (C=O) groups is 1. The van der Waals surface area contributed by atoms with E-state index in [-0.39, 0.29) is 0 Å². The Morgan fingerprint density at radius 2 is 1.45 bits per heavy atom. The van der Waals surface area contributed by atoms with Gasteiger partial charge in [0.1, 0.15) is 5.82 Å². The van der Waals surface area contributed by atoms with Crippen molar-refractivity contribution in [2.24, 2.45) is 0 Å². The van der Waals surface area contributed by atoms with Crippen LogP contribution in [0.25, 0.3) is 0 Å². The Bertz CT molecular complexity index is 508. The molecule has 1 rings (SSSR count). The molecule has 3 nitrogen and oxygen atoms in total. The maximum absolute atomic E-state index is 13.1. The number of hydrogen-bond acceptors (Lipinski definition) is 2. The standard InChI is InChI=1S/C12H11F7N2O/c1-2-9(22)21-10(11(14,15)16,12(17,18)19)20-8-5-3-7(13)4-6-8/h3-6,20H,2H2,1H3,(H,21,22). The Labute approximate surface area is 120 Å². The molecule has 0 fully saturated rings. The quantitative estimate of drug-likeness (QED) is 0.654. The van der Waals surface area contributed by atoms with E-state index in [1.54, 1.807) is 0 Å². The van der Waals surface area contributed by atoms with Gasteiger partial charge in [-0.05, 0) is 24.3 Å². The molecule has 2 N–H and O–H groups in total. The summed E-state index contributed by atoms with van der Waals surface area (Å²) in [5.41, 5.74) is -5.34. The van der Waals surface area contributed by atoms with Gasteiger partial charge < -0.3 is 10.6 Å². The predicted molar refractivity (Wildman–Crippen MR) is 63.3 cm³/mol. The maximum atomic E-state index is 13.1. The first-order valence-electron chi connectivity index (χ1n) is 5.91. The van der Waals surface area contributed by atoms with Gasteiger partial charge in [-0.15, -0.1) is 0 Å². The van der Waals surface area contributed by atoms with Crippen LogP contribution in [0.2, 0.25) is 0 Å². The van der Waals surface area contributed by atoms with E-state index < -0.39 is 41.8 Å². The summed E-state index contributed by atoms with van der Waals surface area (Å²) in [5.74, 6) is -2.29. The molecule has 0 aliphatic carbocycles. The molecule has 0 aliphatic heterocycles. The molecule has 0 heterocycles. The summed E-state index contributed by atoms with van der Waals surface area (Å²) in [6.45, 7) is 1.10. The summed E-state index contributed by atoms with van der Waals surface area (Å²) in [4.78, 5) is 11.2. The minimum absolute atomic E-state index is 0.584. The third-order valence-electron chi connectivity index (χ3n) is 2.67. The van der Waals surface area contributed by atoms with Crippen LogP contribution in [0.3, 0.4) is 0 Å². The molecular formula is C12H11F7N2O. The van der Waals surface area contributed by atoms with Gasteiger partial charge in [0.15, 0.2) is 0 Å². The van der Waals surface area contributed by atoms with Crippen molar-refractivity contribution in [3.05, 3.63) is 30.1 Å². The summed E-state index contributed by atoms with van der Waals surface area (Å²) >= 11 is 0. The van der Waals surface area contributed by atoms with Crippen LogP contribution >= 0.6 is 0 Å². The molecule has 1 amide bonds. The van der Waals surface area contributed by atoms with Crippen molar-refractivity contribution in [3.63, 3.8) is 0 Å². The first kappa shape index (κ1) is 18.1. The monoisotopic (exact) mass is 332 g/mol. The summed E-state index contributed by atoms with van der Waals surface area (Å²) in [5, 5.41) is 2.15. The topological polar surface area (TPSA) is 41.1 Å². The lowest BCUT2D eigenvalue weighted by Gasteiger charge is -2.38. The van der Waals surface area contributed by atoms with E-state index in [2.05, 4.69) is 0 Å². The molecule has 1 aromatic rings. The second-order valence-corrected chi connectivity index (χ2v) is 4.28. The van der Waals surface area contributed by atoms with Crippen LogP contribution in [0, 0.1) is 5.82 Å². The van der Waals surface area contributed by atoms with Gasteiger partial charge in [-0.3, -0.25) is 4.79 Å². The van der Waals surface area contributed by atoms with Crippen molar-refractivity contribution in [3.8, 4) is 0 Å². The predicted octanol–water partition coefficient (Wildman–Crippen LogP) is 3.58. The zero-order valence-electron chi connectivity index (χ0n) is 11.1. The normalized spacial score (nSPS) is 12.9. The van der Waals surface area contributed by atoms with Crippen LogP contribution in [0.1, 0.15) is 13.3 Å². The molecule has 10 heteroatoms. The first-order chi connectivity index (χ1) is 9.93. The molecule has 0 bridgehead atoms. The van der Waals surface area contributed by atoms with Crippen molar-refractivity contribution in [2.45, 2.75) is 31.4 Å². The van der Waals surface area contributed by atoms with Crippen LogP contribution < -0.4 is 10.6 Å². The minimum atomic E-state index is -5.88. The number of hydrogen-bond donors (Lipinski definition) is 2. The summed E-state index contributed by atoms with van der Waals surface area (Å²) in [6.07, 6.45) is -12.4. The summed E-state index contributed by atoms with van der Waals surface area (Å²) in [7, 11) is 0. The van der Waals surface area contributed by atoms with Crippen molar-refractivity contribution in [1.29, 1.82) is 0 Å². The van der Waals surface area contributed by atoms with Gasteiger partial charge in [-0.25, -0.2) is 4.39 Å². The van der Waals surface area contributed by atoms with E-state index in [4.69, 9.17) is 0 Å². The average Bonchev–Trinajstić information content (AvgIpc) is 2.37. The summed E-state index contributed by atoms with van der Waals surface area (Å²) < 4.78 is 91.1. The van der Waals surface area contributed by atoms with Crippen LogP contribution in [-0.2, 0) is 4.79 Å². The molecule has 124 valence electrons. The van der Waals surface area contributed by atoms with Gasteiger partial charge in [-0.1, -0.05) is 6.92 Å². The number of benzene rings is 1. The maximum Gasteiger partial charge on any atom is 0.439 e. The second kappa shape index (κ2) is 6.01. The molecule has 0 spiro atoms.